The average molecular weight is 355 g/mol. The second-order valence-corrected chi connectivity index (χ2v) is 7.16. The van der Waals surface area contributed by atoms with Gasteiger partial charge in [-0.05, 0) is 50.4 Å². The quantitative estimate of drug-likeness (QED) is 0.437. The van der Waals surface area contributed by atoms with E-state index in [0.29, 0.717) is 12.3 Å². The number of piperidine rings is 1. The molecule has 1 saturated heterocycles. The molecule has 0 aromatic heterocycles. The molecule has 1 fully saturated rings. The van der Waals surface area contributed by atoms with Crippen LogP contribution >= 0.6 is 0 Å². The molecule has 1 rings (SSSR count). The minimum atomic E-state index is 0.0902. The van der Waals surface area contributed by atoms with Crippen molar-refractivity contribution in [3.8, 4) is 0 Å². The smallest absolute Gasteiger partial charge is 0.220 e. The largest absolute Gasteiger partial charge is 0.396 e. The molecular weight excluding hydrogens is 316 g/mol. The van der Waals surface area contributed by atoms with Crippen molar-refractivity contribution < 1.29 is 9.90 Å². The van der Waals surface area contributed by atoms with Crippen LogP contribution in [-0.2, 0) is 4.79 Å². The Morgan fingerprint density at radius 1 is 1.24 bits per heavy atom. The summed E-state index contributed by atoms with van der Waals surface area (Å²) in [5, 5.41) is 15.5. The van der Waals surface area contributed by atoms with Gasteiger partial charge in [0.2, 0.25) is 5.91 Å². The van der Waals surface area contributed by atoms with Gasteiger partial charge in [-0.15, -0.1) is 0 Å². The highest BCUT2D eigenvalue weighted by Gasteiger charge is 2.27. The normalized spacial score (nSPS) is 16.8. The molecule has 0 bridgehead atoms. The first-order valence-corrected chi connectivity index (χ1v) is 9.88. The number of aliphatic hydroxyl groups is 1. The van der Waals surface area contributed by atoms with Crippen LogP contribution in [0.5, 0.6) is 0 Å². The van der Waals surface area contributed by atoms with Gasteiger partial charge in [0.1, 0.15) is 0 Å². The number of likely N-dealkylation sites (tertiary alicyclic amines) is 1. The van der Waals surface area contributed by atoms with Crippen molar-refractivity contribution in [3.63, 3.8) is 0 Å². The van der Waals surface area contributed by atoms with Gasteiger partial charge in [0.15, 0.2) is 5.96 Å². The topological polar surface area (TPSA) is 77.0 Å². The number of rotatable bonds is 9. The predicted molar refractivity (Wildman–Crippen MR) is 104 cm³/mol. The van der Waals surface area contributed by atoms with Crippen LogP contribution in [0.3, 0.4) is 0 Å². The number of nitrogens with one attached hydrogen (secondary N) is 2. The van der Waals surface area contributed by atoms with Crippen LogP contribution in [0.25, 0.3) is 0 Å². The minimum Gasteiger partial charge on any atom is -0.396 e. The molecule has 0 atom stereocenters. The van der Waals surface area contributed by atoms with Gasteiger partial charge < -0.3 is 20.6 Å². The maximum Gasteiger partial charge on any atom is 0.220 e. The summed E-state index contributed by atoms with van der Waals surface area (Å²) in [7, 11) is 1.70. The Hall–Kier alpha value is -1.30. The number of aliphatic imine (C=N–C) groups is 1. The van der Waals surface area contributed by atoms with Gasteiger partial charge in [0.25, 0.3) is 0 Å². The molecule has 6 heteroatoms. The lowest BCUT2D eigenvalue weighted by Crippen LogP contribution is -2.46. The van der Waals surface area contributed by atoms with Crippen molar-refractivity contribution in [1.82, 2.24) is 15.5 Å². The first kappa shape index (κ1) is 21.7. The van der Waals surface area contributed by atoms with Crippen LogP contribution in [-0.4, -0.2) is 61.7 Å². The molecule has 0 spiro atoms. The third-order valence-corrected chi connectivity index (χ3v) is 5.71. The Morgan fingerprint density at radius 3 is 2.36 bits per heavy atom. The predicted octanol–water partition coefficient (Wildman–Crippen LogP) is 1.99. The van der Waals surface area contributed by atoms with Gasteiger partial charge in [0.05, 0.1) is 0 Å². The highest BCUT2D eigenvalue weighted by Crippen LogP contribution is 2.31. The number of hydrogen-bond acceptors (Lipinski definition) is 3. The molecule has 1 aliphatic rings. The second kappa shape index (κ2) is 11.3. The lowest BCUT2D eigenvalue weighted by molar-refractivity contribution is -0.121. The van der Waals surface area contributed by atoms with Crippen LogP contribution in [0.15, 0.2) is 4.99 Å². The summed E-state index contributed by atoms with van der Waals surface area (Å²) >= 11 is 0. The highest BCUT2D eigenvalue weighted by molar-refractivity contribution is 5.80. The number of hydrogen-bond donors (Lipinski definition) is 3. The third kappa shape index (κ3) is 6.84. The van der Waals surface area contributed by atoms with Crippen molar-refractivity contribution in [2.24, 2.45) is 16.3 Å². The van der Waals surface area contributed by atoms with Crippen molar-refractivity contribution >= 4 is 11.9 Å². The molecule has 1 amide bonds. The van der Waals surface area contributed by atoms with Gasteiger partial charge in [0, 0.05) is 46.3 Å². The Balaban J connectivity index is 2.68. The number of carbonyl (C=O) groups excluding carboxylic acids is 1. The lowest BCUT2D eigenvalue weighted by Gasteiger charge is -2.35. The number of nitrogens with zero attached hydrogens (tertiary/aromatic N) is 2. The summed E-state index contributed by atoms with van der Waals surface area (Å²) < 4.78 is 0. The fourth-order valence-corrected chi connectivity index (χ4v) is 3.52. The molecule has 6 nitrogen and oxygen atoms in total. The van der Waals surface area contributed by atoms with Crippen LogP contribution in [0.2, 0.25) is 0 Å². The average Bonchev–Trinajstić information content (AvgIpc) is 2.64. The second-order valence-electron chi connectivity index (χ2n) is 7.16. The molecule has 0 aromatic carbocycles. The first-order chi connectivity index (χ1) is 12.0. The molecule has 1 aliphatic heterocycles. The van der Waals surface area contributed by atoms with Gasteiger partial charge in [-0.1, -0.05) is 13.8 Å². The van der Waals surface area contributed by atoms with E-state index in [1.165, 1.54) is 0 Å². The molecule has 0 aliphatic carbocycles. The molecular formula is C19H38N4O2. The Morgan fingerprint density at radius 2 is 1.88 bits per heavy atom. The summed E-state index contributed by atoms with van der Waals surface area (Å²) in [5.41, 5.74) is 0.0902. The zero-order valence-electron chi connectivity index (χ0n) is 16.6. The zero-order valence-corrected chi connectivity index (χ0v) is 16.6. The SMILES string of the molecule is CCNC(=NCC(CC)(CC)CCO)N1CCC(CC(=O)NC)CC1. The Labute approximate surface area is 153 Å². The van der Waals surface area contributed by atoms with E-state index >= 15 is 0 Å². The highest BCUT2D eigenvalue weighted by atomic mass is 16.3. The summed E-state index contributed by atoms with van der Waals surface area (Å²) in [4.78, 5) is 18.8. The van der Waals surface area contributed by atoms with Crippen molar-refractivity contribution in [3.05, 3.63) is 0 Å². The molecule has 3 N–H and O–H groups in total. The third-order valence-electron chi connectivity index (χ3n) is 5.71. The van der Waals surface area contributed by atoms with Gasteiger partial charge in [-0.3, -0.25) is 9.79 Å². The fourth-order valence-electron chi connectivity index (χ4n) is 3.52. The summed E-state index contributed by atoms with van der Waals surface area (Å²) in [6.45, 7) is 10.2. The first-order valence-electron chi connectivity index (χ1n) is 9.88. The molecule has 1 heterocycles. The molecule has 0 unspecified atom stereocenters. The van der Waals surface area contributed by atoms with Crippen LogP contribution in [0, 0.1) is 11.3 Å². The van der Waals surface area contributed by atoms with Crippen molar-refractivity contribution in [2.75, 3.05) is 39.8 Å². The van der Waals surface area contributed by atoms with Crippen molar-refractivity contribution in [2.45, 2.75) is 59.3 Å². The standard InChI is InChI=1S/C19H38N4O2/c1-5-19(6-2,10-13-24)15-22-18(21-7-3)23-11-8-16(9-12-23)14-17(25)20-4/h16,24H,5-15H2,1-4H3,(H,20,25)(H,21,22). The van der Waals surface area contributed by atoms with Crippen molar-refractivity contribution in [1.29, 1.82) is 0 Å². The van der Waals surface area contributed by atoms with Crippen LogP contribution < -0.4 is 10.6 Å². The van der Waals surface area contributed by atoms with Crippen LogP contribution in [0.4, 0.5) is 0 Å². The number of amides is 1. The van der Waals surface area contributed by atoms with Gasteiger partial charge >= 0.3 is 0 Å². The Bertz CT molecular complexity index is 414. The molecule has 0 aromatic rings. The summed E-state index contributed by atoms with van der Waals surface area (Å²) in [6.07, 6.45) is 5.55. The molecule has 25 heavy (non-hydrogen) atoms. The number of aliphatic hydroxyl groups excluding tert-OH is 1. The molecule has 0 saturated carbocycles. The fraction of sp³-hybridized carbons (Fsp3) is 0.895. The zero-order chi connectivity index (χ0) is 18.7. The number of guanidine groups is 1. The van der Waals surface area contributed by atoms with E-state index in [0.717, 1.165) is 64.2 Å². The molecule has 0 radical (unpaired) electrons. The van der Waals surface area contributed by atoms with Gasteiger partial charge in [-0.2, -0.15) is 0 Å². The maximum absolute atomic E-state index is 11.6. The van der Waals surface area contributed by atoms with E-state index < -0.39 is 0 Å². The van der Waals surface area contributed by atoms with E-state index in [4.69, 9.17) is 4.99 Å². The minimum absolute atomic E-state index is 0.0902. The maximum atomic E-state index is 11.6. The summed E-state index contributed by atoms with van der Waals surface area (Å²) in [5.74, 6) is 1.59. The lowest BCUT2D eigenvalue weighted by atomic mass is 9.79. The van der Waals surface area contributed by atoms with E-state index in [-0.39, 0.29) is 17.9 Å². The monoisotopic (exact) mass is 354 g/mol. The van der Waals surface area contributed by atoms with Gasteiger partial charge in [-0.25, -0.2) is 0 Å². The van der Waals surface area contributed by atoms with E-state index in [1.807, 2.05) is 0 Å². The molecule has 146 valence electrons. The van der Waals surface area contributed by atoms with E-state index in [9.17, 15) is 9.90 Å². The Kier molecular flexibility index (Phi) is 9.86. The van der Waals surface area contributed by atoms with E-state index in [2.05, 4.69) is 36.3 Å². The summed E-state index contributed by atoms with van der Waals surface area (Å²) in [6, 6.07) is 0. The van der Waals surface area contributed by atoms with E-state index in [1.54, 1.807) is 7.05 Å². The van der Waals surface area contributed by atoms with Crippen LogP contribution in [0.1, 0.15) is 59.3 Å². The number of carbonyl (C=O) groups is 1.